The van der Waals surface area contributed by atoms with Gasteiger partial charge in [-0.15, -0.1) is 0 Å². The Morgan fingerprint density at radius 2 is 1.78 bits per heavy atom. The summed E-state index contributed by atoms with van der Waals surface area (Å²) in [5.74, 6) is 1.57. The van der Waals surface area contributed by atoms with Crippen molar-refractivity contribution in [1.29, 1.82) is 0 Å². The summed E-state index contributed by atoms with van der Waals surface area (Å²) in [7, 11) is 0. The number of ether oxygens (including phenoxy) is 1. The lowest BCUT2D eigenvalue weighted by Crippen LogP contribution is -2.47. The molecule has 2 aromatic carbocycles. The molecule has 0 aliphatic carbocycles. The molecule has 0 bridgehead atoms. The molecule has 164 valence electrons. The van der Waals surface area contributed by atoms with Crippen molar-refractivity contribution < 1.29 is 18.7 Å². The number of hydrogen-bond acceptors (Lipinski definition) is 5. The van der Waals surface area contributed by atoms with Crippen LogP contribution < -0.4 is 20.9 Å². The fourth-order valence-corrected chi connectivity index (χ4v) is 3.05. The number of para-hydroxylation sites is 3. The van der Waals surface area contributed by atoms with Crippen LogP contribution in [0.5, 0.6) is 5.75 Å². The summed E-state index contributed by atoms with van der Waals surface area (Å²) in [6, 6.07) is 19.8. The van der Waals surface area contributed by atoms with Crippen LogP contribution in [-0.4, -0.2) is 28.5 Å². The highest BCUT2D eigenvalue weighted by atomic mass is 16.5. The number of furan rings is 1. The first-order valence-corrected chi connectivity index (χ1v) is 10.2. The molecule has 4 aromatic rings. The molecule has 9 heteroatoms. The molecule has 2 heterocycles. The molecule has 4 rings (SSSR count). The number of carbonyl (C=O) groups is 2. The number of aromatic nitrogens is 2. The monoisotopic (exact) mass is 433 g/mol. The maximum Gasteiger partial charge on any atom is 0.333 e. The lowest BCUT2D eigenvalue weighted by Gasteiger charge is -2.07. The van der Waals surface area contributed by atoms with E-state index in [9.17, 15) is 9.59 Å². The van der Waals surface area contributed by atoms with Crippen molar-refractivity contribution in [3.63, 3.8) is 0 Å². The van der Waals surface area contributed by atoms with Crippen molar-refractivity contribution in [1.82, 2.24) is 26.1 Å². The summed E-state index contributed by atoms with van der Waals surface area (Å²) in [5, 5.41) is 2.68. The molecular formula is C23H23N5O4. The number of rotatable bonds is 8. The number of nitrogens with zero attached hydrogens (tertiary/aromatic N) is 1. The molecule has 32 heavy (non-hydrogen) atoms. The molecule has 2 aromatic heterocycles. The third-order valence-corrected chi connectivity index (χ3v) is 4.61. The zero-order chi connectivity index (χ0) is 22.2. The summed E-state index contributed by atoms with van der Waals surface area (Å²) in [4.78, 5) is 31.8. The van der Waals surface area contributed by atoms with Gasteiger partial charge < -0.3 is 19.5 Å². The van der Waals surface area contributed by atoms with Crippen molar-refractivity contribution in [3.8, 4) is 5.75 Å². The molecule has 0 radical (unpaired) electrons. The third-order valence-electron chi connectivity index (χ3n) is 4.61. The molecule has 0 spiro atoms. The van der Waals surface area contributed by atoms with E-state index in [1.807, 2.05) is 54.6 Å². The van der Waals surface area contributed by atoms with Crippen molar-refractivity contribution in [2.24, 2.45) is 0 Å². The van der Waals surface area contributed by atoms with Crippen LogP contribution in [0.15, 0.2) is 71.1 Å². The SMILES string of the molecule is O=C(NCCCc1nc2ccccc2[nH]1)NNC(=O)c1ccc(COc2ccccc2)o1. The van der Waals surface area contributed by atoms with Crippen molar-refractivity contribution in [2.45, 2.75) is 19.4 Å². The second-order valence-electron chi connectivity index (χ2n) is 7.01. The van der Waals surface area contributed by atoms with Gasteiger partial charge in [-0.3, -0.25) is 10.2 Å². The molecule has 0 aliphatic rings. The van der Waals surface area contributed by atoms with E-state index in [0.717, 1.165) is 16.9 Å². The minimum atomic E-state index is -0.562. The molecule has 9 nitrogen and oxygen atoms in total. The number of hydrazine groups is 1. The zero-order valence-corrected chi connectivity index (χ0v) is 17.3. The molecule has 0 aliphatic heterocycles. The van der Waals surface area contributed by atoms with Gasteiger partial charge in [0.25, 0.3) is 0 Å². The Morgan fingerprint density at radius 1 is 0.969 bits per heavy atom. The van der Waals surface area contributed by atoms with Gasteiger partial charge >= 0.3 is 11.9 Å². The smallest absolute Gasteiger partial charge is 0.333 e. The maximum absolute atomic E-state index is 12.1. The number of urea groups is 1. The Labute approximate surface area is 184 Å². The number of aromatic amines is 1. The zero-order valence-electron chi connectivity index (χ0n) is 17.3. The van der Waals surface area contributed by atoms with Crippen molar-refractivity contribution in [2.75, 3.05) is 6.54 Å². The first kappa shape index (κ1) is 21.0. The van der Waals surface area contributed by atoms with E-state index in [2.05, 4.69) is 26.1 Å². The molecule has 0 fully saturated rings. The normalized spacial score (nSPS) is 10.6. The topological polar surface area (TPSA) is 121 Å². The lowest BCUT2D eigenvalue weighted by molar-refractivity contribution is 0.0904. The first-order valence-electron chi connectivity index (χ1n) is 10.2. The van der Waals surface area contributed by atoms with Crippen LogP contribution in [0.4, 0.5) is 4.79 Å². The highest BCUT2D eigenvalue weighted by Crippen LogP contribution is 2.14. The summed E-state index contributed by atoms with van der Waals surface area (Å²) in [6.07, 6.45) is 1.39. The van der Waals surface area contributed by atoms with Crippen LogP contribution in [0.3, 0.4) is 0 Å². The van der Waals surface area contributed by atoms with Crippen LogP contribution in [0.2, 0.25) is 0 Å². The Balaban J connectivity index is 1.14. The highest BCUT2D eigenvalue weighted by molar-refractivity contribution is 5.92. The second kappa shape index (κ2) is 10.2. The van der Waals surface area contributed by atoms with Crippen LogP contribution in [0.25, 0.3) is 11.0 Å². The van der Waals surface area contributed by atoms with E-state index in [-0.39, 0.29) is 12.4 Å². The van der Waals surface area contributed by atoms with E-state index < -0.39 is 11.9 Å². The minimum absolute atomic E-state index is 0.0712. The molecule has 0 unspecified atom stereocenters. The van der Waals surface area contributed by atoms with Gasteiger partial charge in [0.1, 0.15) is 23.9 Å². The van der Waals surface area contributed by atoms with Gasteiger partial charge in [-0.25, -0.2) is 15.2 Å². The quantitative estimate of drug-likeness (QED) is 0.251. The van der Waals surface area contributed by atoms with Gasteiger partial charge in [0.2, 0.25) is 0 Å². The highest BCUT2D eigenvalue weighted by Gasteiger charge is 2.12. The van der Waals surface area contributed by atoms with E-state index in [1.165, 1.54) is 6.07 Å². The van der Waals surface area contributed by atoms with Gasteiger partial charge in [-0.1, -0.05) is 30.3 Å². The Bertz CT molecular complexity index is 1150. The number of aryl methyl sites for hydroxylation is 1. The van der Waals surface area contributed by atoms with E-state index >= 15 is 0 Å². The number of H-pyrrole nitrogens is 1. The Morgan fingerprint density at radius 3 is 2.62 bits per heavy atom. The molecule has 0 atom stereocenters. The Hall–Kier alpha value is -4.27. The van der Waals surface area contributed by atoms with Gasteiger partial charge in [0.05, 0.1) is 11.0 Å². The predicted octanol–water partition coefficient (Wildman–Crippen LogP) is 3.31. The third kappa shape index (κ3) is 5.66. The van der Waals surface area contributed by atoms with Gasteiger partial charge in [0.15, 0.2) is 5.76 Å². The number of hydrogen-bond donors (Lipinski definition) is 4. The standard InChI is InChI=1S/C23H23N5O4/c29-22(20-13-12-17(32-20)15-31-16-7-2-1-3-8-16)27-28-23(30)24-14-6-11-21-25-18-9-4-5-10-19(18)26-21/h1-5,7-10,12-13H,6,11,14-15H2,(H,25,26)(H,27,29)(H2,24,28,30). The van der Waals surface area contributed by atoms with E-state index in [0.29, 0.717) is 30.9 Å². The largest absolute Gasteiger partial charge is 0.486 e. The summed E-state index contributed by atoms with van der Waals surface area (Å²) < 4.78 is 11.0. The molecule has 0 saturated heterocycles. The fraction of sp³-hybridized carbons (Fsp3) is 0.174. The fourth-order valence-electron chi connectivity index (χ4n) is 3.05. The first-order chi connectivity index (χ1) is 15.7. The van der Waals surface area contributed by atoms with Crippen LogP contribution in [-0.2, 0) is 13.0 Å². The van der Waals surface area contributed by atoms with Gasteiger partial charge in [-0.05, 0) is 42.8 Å². The van der Waals surface area contributed by atoms with Crippen LogP contribution in [0.1, 0.15) is 28.6 Å². The van der Waals surface area contributed by atoms with E-state index in [4.69, 9.17) is 9.15 Å². The Kier molecular flexibility index (Phi) is 6.66. The van der Waals surface area contributed by atoms with Gasteiger partial charge in [-0.2, -0.15) is 0 Å². The molecule has 3 amide bonds. The maximum atomic E-state index is 12.1. The molecule has 4 N–H and O–H groups in total. The number of benzene rings is 2. The number of amides is 3. The van der Waals surface area contributed by atoms with Crippen molar-refractivity contribution in [3.05, 3.63) is 84.1 Å². The second-order valence-corrected chi connectivity index (χ2v) is 7.01. The minimum Gasteiger partial charge on any atom is -0.486 e. The summed E-state index contributed by atoms with van der Waals surface area (Å²) in [6.45, 7) is 0.622. The number of imidazole rings is 1. The van der Waals surface area contributed by atoms with E-state index in [1.54, 1.807) is 6.07 Å². The average Bonchev–Trinajstić information content (AvgIpc) is 3.46. The average molecular weight is 433 g/mol. The van der Waals surface area contributed by atoms with Gasteiger partial charge in [0, 0.05) is 13.0 Å². The molecule has 0 saturated carbocycles. The van der Waals surface area contributed by atoms with Crippen LogP contribution in [0, 0.1) is 0 Å². The van der Waals surface area contributed by atoms with Crippen molar-refractivity contribution >= 4 is 23.0 Å². The predicted molar refractivity (Wildman–Crippen MR) is 118 cm³/mol. The number of carbonyl (C=O) groups excluding carboxylic acids is 2. The molecular weight excluding hydrogens is 410 g/mol. The number of nitrogens with one attached hydrogen (secondary N) is 4. The lowest BCUT2D eigenvalue weighted by atomic mass is 10.3. The van der Waals surface area contributed by atoms with Crippen LogP contribution >= 0.6 is 0 Å². The summed E-state index contributed by atoms with van der Waals surface area (Å²) in [5.41, 5.74) is 6.52. The number of fused-ring (bicyclic) bond motifs is 1. The summed E-state index contributed by atoms with van der Waals surface area (Å²) >= 11 is 0.